The predicted octanol–water partition coefficient (Wildman–Crippen LogP) is 4.81. The first-order valence-electron chi connectivity index (χ1n) is 6.61. The van der Waals surface area contributed by atoms with Crippen LogP contribution in [0.2, 0.25) is 0 Å². The van der Waals surface area contributed by atoms with E-state index in [1.54, 1.807) is 11.3 Å². The van der Waals surface area contributed by atoms with Gasteiger partial charge in [0.15, 0.2) is 5.78 Å². The zero-order valence-electron chi connectivity index (χ0n) is 10.6. The van der Waals surface area contributed by atoms with E-state index in [1.807, 2.05) is 24.3 Å². The summed E-state index contributed by atoms with van der Waals surface area (Å²) in [6.45, 7) is 0. The van der Waals surface area contributed by atoms with Crippen LogP contribution in [0.1, 0.15) is 38.5 Å². The van der Waals surface area contributed by atoms with Gasteiger partial charge in [0.1, 0.15) is 0 Å². The van der Waals surface area contributed by atoms with E-state index >= 15 is 0 Å². The number of rotatable bonds is 3. The lowest BCUT2D eigenvalue weighted by molar-refractivity contribution is 0.0997. The molecule has 0 fully saturated rings. The number of carbonyl (C=O) groups excluding carboxylic acids is 1. The van der Waals surface area contributed by atoms with E-state index in [9.17, 15) is 4.79 Å². The fraction of sp³-hybridized carbons (Fsp3) is 0.312. The highest BCUT2D eigenvalue weighted by Crippen LogP contribution is 2.30. The molecular weight excluding hydrogens is 320 g/mol. The summed E-state index contributed by atoms with van der Waals surface area (Å²) < 4.78 is 1.03. The van der Waals surface area contributed by atoms with Crippen molar-refractivity contribution in [3.8, 4) is 0 Å². The number of thiophene rings is 1. The van der Waals surface area contributed by atoms with E-state index in [4.69, 9.17) is 0 Å². The minimum absolute atomic E-state index is 0.248. The van der Waals surface area contributed by atoms with Crippen molar-refractivity contribution in [3.63, 3.8) is 0 Å². The predicted molar refractivity (Wildman–Crippen MR) is 83.1 cm³/mol. The second kappa shape index (κ2) is 5.59. The van der Waals surface area contributed by atoms with Gasteiger partial charge in [-0.25, -0.2) is 0 Å². The minimum atomic E-state index is 0.248. The van der Waals surface area contributed by atoms with Gasteiger partial charge in [0.25, 0.3) is 0 Å². The molecular formula is C16H15BrOS. The Hall–Kier alpha value is -0.930. The molecule has 3 heteroatoms. The molecule has 3 rings (SSSR count). The first kappa shape index (κ1) is 13.1. The lowest BCUT2D eigenvalue weighted by atomic mass is 9.98. The van der Waals surface area contributed by atoms with E-state index in [0.29, 0.717) is 6.42 Å². The maximum atomic E-state index is 12.3. The zero-order valence-corrected chi connectivity index (χ0v) is 13.0. The van der Waals surface area contributed by atoms with E-state index < -0.39 is 0 Å². The molecule has 0 saturated carbocycles. The summed E-state index contributed by atoms with van der Waals surface area (Å²) in [7, 11) is 0. The number of aryl methyl sites for hydroxylation is 2. The lowest BCUT2D eigenvalue weighted by Gasteiger charge is -2.08. The van der Waals surface area contributed by atoms with Crippen molar-refractivity contribution in [1.82, 2.24) is 0 Å². The molecule has 0 saturated heterocycles. The Morgan fingerprint density at radius 3 is 2.84 bits per heavy atom. The molecule has 0 bridgehead atoms. The van der Waals surface area contributed by atoms with Crippen LogP contribution in [-0.2, 0) is 19.3 Å². The molecule has 2 aromatic rings. The monoisotopic (exact) mass is 334 g/mol. The molecule has 1 aromatic carbocycles. The summed E-state index contributed by atoms with van der Waals surface area (Å²) in [5, 5.41) is 0. The number of ketones is 1. The van der Waals surface area contributed by atoms with E-state index in [0.717, 1.165) is 27.8 Å². The average molecular weight is 335 g/mol. The van der Waals surface area contributed by atoms with Crippen LogP contribution in [0, 0.1) is 0 Å². The first-order valence-corrected chi connectivity index (χ1v) is 8.22. The number of fused-ring (bicyclic) bond motifs is 1. The molecule has 0 radical (unpaired) electrons. The van der Waals surface area contributed by atoms with Crippen LogP contribution in [0.5, 0.6) is 0 Å². The molecule has 0 aliphatic heterocycles. The Morgan fingerprint density at radius 2 is 2.05 bits per heavy atom. The Morgan fingerprint density at radius 1 is 1.21 bits per heavy atom. The van der Waals surface area contributed by atoms with Gasteiger partial charge in [-0.3, -0.25) is 4.79 Å². The second-order valence-corrected chi connectivity index (χ2v) is 7.05. The van der Waals surface area contributed by atoms with E-state index in [-0.39, 0.29) is 5.78 Å². The van der Waals surface area contributed by atoms with Gasteiger partial charge in [-0.15, -0.1) is 11.3 Å². The van der Waals surface area contributed by atoms with Gasteiger partial charge in [-0.2, -0.15) is 0 Å². The van der Waals surface area contributed by atoms with Crippen LogP contribution in [0.25, 0.3) is 0 Å². The maximum absolute atomic E-state index is 12.3. The number of hydrogen-bond acceptors (Lipinski definition) is 2. The normalized spacial score (nSPS) is 14.2. The zero-order chi connectivity index (χ0) is 13.2. The van der Waals surface area contributed by atoms with Crippen molar-refractivity contribution in [2.45, 2.75) is 32.1 Å². The molecule has 1 aliphatic rings. The second-order valence-electron chi connectivity index (χ2n) is 5.00. The molecule has 0 amide bonds. The van der Waals surface area contributed by atoms with Crippen LogP contribution in [-0.4, -0.2) is 5.78 Å². The SMILES string of the molecule is O=C(Cc1cccc(Br)c1)c1cc2c(s1)CCCC2. The summed E-state index contributed by atoms with van der Waals surface area (Å²) in [6, 6.07) is 10.1. The van der Waals surface area contributed by atoms with Crippen molar-refractivity contribution in [2.24, 2.45) is 0 Å². The van der Waals surface area contributed by atoms with Crippen molar-refractivity contribution >= 4 is 33.0 Å². The molecule has 0 atom stereocenters. The highest BCUT2D eigenvalue weighted by Gasteiger charge is 2.17. The van der Waals surface area contributed by atoms with Gasteiger partial charge >= 0.3 is 0 Å². The third-order valence-corrected chi connectivity index (χ3v) is 5.30. The fourth-order valence-electron chi connectivity index (χ4n) is 2.55. The van der Waals surface area contributed by atoms with Gasteiger partial charge in [0.2, 0.25) is 0 Å². The van der Waals surface area contributed by atoms with Crippen LogP contribution < -0.4 is 0 Å². The number of carbonyl (C=O) groups is 1. The maximum Gasteiger partial charge on any atom is 0.177 e. The van der Waals surface area contributed by atoms with Crippen molar-refractivity contribution < 1.29 is 4.79 Å². The molecule has 1 aliphatic carbocycles. The van der Waals surface area contributed by atoms with Gasteiger partial charge in [-0.1, -0.05) is 28.1 Å². The number of hydrogen-bond donors (Lipinski definition) is 0. The Balaban J connectivity index is 1.78. The van der Waals surface area contributed by atoms with Crippen LogP contribution >= 0.6 is 27.3 Å². The topological polar surface area (TPSA) is 17.1 Å². The number of halogens is 1. The Kier molecular flexibility index (Phi) is 3.85. The van der Waals surface area contributed by atoms with Gasteiger partial charge < -0.3 is 0 Å². The number of benzene rings is 1. The molecule has 98 valence electrons. The minimum Gasteiger partial charge on any atom is -0.293 e. The highest BCUT2D eigenvalue weighted by atomic mass is 79.9. The van der Waals surface area contributed by atoms with Crippen molar-refractivity contribution in [1.29, 1.82) is 0 Å². The van der Waals surface area contributed by atoms with E-state index in [2.05, 4.69) is 22.0 Å². The fourth-order valence-corrected chi connectivity index (χ4v) is 4.19. The molecule has 0 spiro atoms. The molecule has 0 unspecified atom stereocenters. The summed E-state index contributed by atoms with van der Waals surface area (Å²) in [6.07, 6.45) is 5.34. The van der Waals surface area contributed by atoms with Crippen LogP contribution in [0.3, 0.4) is 0 Å². The average Bonchev–Trinajstić information content (AvgIpc) is 2.82. The smallest absolute Gasteiger partial charge is 0.177 e. The summed E-state index contributed by atoms with van der Waals surface area (Å²) in [4.78, 5) is 14.7. The van der Waals surface area contributed by atoms with Crippen molar-refractivity contribution in [3.05, 3.63) is 55.7 Å². The molecule has 1 nitrogen and oxygen atoms in total. The van der Waals surface area contributed by atoms with E-state index in [1.165, 1.54) is 23.3 Å². The molecule has 1 heterocycles. The van der Waals surface area contributed by atoms with Crippen LogP contribution in [0.4, 0.5) is 0 Å². The van der Waals surface area contributed by atoms with Gasteiger partial charge in [0, 0.05) is 15.8 Å². The summed E-state index contributed by atoms with van der Waals surface area (Å²) in [5.41, 5.74) is 2.49. The Bertz CT molecular complexity index is 591. The largest absolute Gasteiger partial charge is 0.293 e. The highest BCUT2D eigenvalue weighted by molar-refractivity contribution is 9.10. The van der Waals surface area contributed by atoms with Gasteiger partial charge in [-0.05, 0) is 55.0 Å². The Labute approximate surface area is 125 Å². The van der Waals surface area contributed by atoms with Crippen molar-refractivity contribution in [2.75, 3.05) is 0 Å². The summed E-state index contributed by atoms with van der Waals surface area (Å²) >= 11 is 5.15. The standard InChI is InChI=1S/C16H15BrOS/c17-13-6-3-4-11(8-13)9-14(18)16-10-12-5-1-2-7-15(12)19-16/h3-4,6,8,10H,1-2,5,7,9H2. The van der Waals surface area contributed by atoms with Crippen LogP contribution in [0.15, 0.2) is 34.8 Å². The summed E-state index contributed by atoms with van der Waals surface area (Å²) in [5.74, 6) is 0.248. The third-order valence-electron chi connectivity index (χ3n) is 3.53. The quantitative estimate of drug-likeness (QED) is 0.736. The first-order chi connectivity index (χ1) is 9.22. The molecule has 19 heavy (non-hydrogen) atoms. The lowest BCUT2D eigenvalue weighted by Crippen LogP contribution is -2.01. The number of Topliss-reactive ketones (excluding diaryl/α,β-unsaturated/α-hetero) is 1. The molecule has 1 aromatic heterocycles. The van der Waals surface area contributed by atoms with Gasteiger partial charge in [0.05, 0.1) is 4.88 Å². The third kappa shape index (κ3) is 2.98. The molecule has 0 N–H and O–H groups in total.